The summed E-state index contributed by atoms with van der Waals surface area (Å²) in [5, 5.41) is 11.9. The van der Waals surface area contributed by atoms with E-state index in [1.54, 1.807) is 0 Å². The molecule has 0 aromatic heterocycles. The topological polar surface area (TPSA) is 92.4 Å². The number of hydrogen-bond acceptors (Lipinski definition) is 3. The van der Waals surface area contributed by atoms with Crippen LogP contribution < -0.4 is 11.1 Å². The third-order valence-corrected chi connectivity index (χ3v) is 2.62. The van der Waals surface area contributed by atoms with E-state index >= 15 is 0 Å². The Hall–Kier alpha value is -1.59. The first-order valence-electron chi connectivity index (χ1n) is 5.88. The molecule has 19 heavy (non-hydrogen) atoms. The SMILES string of the molecule is Cl.NC(=O)CCC(NCCc1ccccc1)C(=O)O. The quantitative estimate of drug-likeness (QED) is 0.664. The van der Waals surface area contributed by atoms with Gasteiger partial charge in [0.15, 0.2) is 0 Å². The van der Waals surface area contributed by atoms with Crippen molar-refractivity contribution in [3.8, 4) is 0 Å². The second-order valence-electron chi connectivity index (χ2n) is 4.09. The zero-order chi connectivity index (χ0) is 13.4. The predicted molar refractivity (Wildman–Crippen MR) is 75.2 cm³/mol. The number of rotatable bonds is 8. The Morgan fingerprint density at radius 1 is 1.26 bits per heavy atom. The average Bonchev–Trinajstić information content (AvgIpc) is 2.34. The van der Waals surface area contributed by atoms with Crippen molar-refractivity contribution in [3.63, 3.8) is 0 Å². The molecule has 0 aliphatic heterocycles. The summed E-state index contributed by atoms with van der Waals surface area (Å²) >= 11 is 0. The molecule has 0 aliphatic rings. The number of aliphatic carboxylic acids is 1. The Labute approximate surface area is 118 Å². The Balaban J connectivity index is 0.00000324. The lowest BCUT2D eigenvalue weighted by molar-refractivity contribution is -0.139. The number of benzene rings is 1. The van der Waals surface area contributed by atoms with Gasteiger partial charge in [-0.25, -0.2) is 0 Å². The molecule has 6 heteroatoms. The van der Waals surface area contributed by atoms with Gasteiger partial charge in [-0.05, 0) is 24.9 Å². The number of hydrogen-bond donors (Lipinski definition) is 3. The van der Waals surface area contributed by atoms with Gasteiger partial charge >= 0.3 is 5.97 Å². The van der Waals surface area contributed by atoms with Crippen molar-refractivity contribution in [3.05, 3.63) is 35.9 Å². The Morgan fingerprint density at radius 2 is 1.89 bits per heavy atom. The predicted octanol–water partition coefficient (Wildman–Crippen LogP) is 0.959. The second-order valence-corrected chi connectivity index (χ2v) is 4.09. The van der Waals surface area contributed by atoms with Crippen molar-refractivity contribution in [2.24, 2.45) is 5.73 Å². The first kappa shape index (κ1) is 17.4. The van der Waals surface area contributed by atoms with Crippen LogP contribution in [0.5, 0.6) is 0 Å². The van der Waals surface area contributed by atoms with Crippen molar-refractivity contribution >= 4 is 24.3 Å². The lowest BCUT2D eigenvalue weighted by atomic mass is 10.1. The summed E-state index contributed by atoms with van der Waals surface area (Å²) < 4.78 is 0. The van der Waals surface area contributed by atoms with Gasteiger partial charge in [0.1, 0.15) is 6.04 Å². The van der Waals surface area contributed by atoms with Crippen LogP contribution in [-0.2, 0) is 16.0 Å². The van der Waals surface area contributed by atoms with Crippen molar-refractivity contribution in [2.75, 3.05) is 6.54 Å². The van der Waals surface area contributed by atoms with Crippen LogP contribution in [0.3, 0.4) is 0 Å². The maximum atomic E-state index is 10.9. The zero-order valence-electron chi connectivity index (χ0n) is 10.5. The molecule has 0 bridgehead atoms. The number of primary amides is 1. The van der Waals surface area contributed by atoms with Gasteiger partial charge in [-0.2, -0.15) is 0 Å². The van der Waals surface area contributed by atoms with Gasteiger partial charge in [-0.3, -0.25) is 9.59 Å². The molecule has 1 rings (SSSR count). The third-order valence-electron chi connectivity index (χ3n) is 2.62. The van der Waals surface area contributed by atoms with Crippen LogP contribution >= 0.6 is 12.4 Å². The molecule has 1 aromatic carbocycles. The monoisotopic (exact) mass is 286 g/mol. The van der Waals surface area contributed by atoms with E-state index in [9.17, 15) is 9.59 Å². The maximum Gasteiger partial charge on any atom is 0.320 e. The molecule has 1 amide bonds. The second kappa shape index (κ2) is 9.35. The summed E-state index contributed by atoms with van der Waals surface area (Å²) in [6.45, 7) is 0.555. The smallest absolute Gasteiger partial charge is 0.320 e. The fourth-order valence-corrected chi connectivity index (χ4v) is 1.63. The normalized spacial score (nSPS) is 11.4. The lowest BCUT2D eigenvalue weighted by Crippen LogP contribution is -2.38. The van der Waals surface area contributed by atoms with E-state index in [1.807, 2.05) is 30.3 Å². The van der Waals surface area contributed by atoms with Crippen molar-refractivity contribution in [1.29, 1.82) is 0 Å². The summed E-state index contributed by atoms with van der Waals surface area (Å²) in [4.78, 5) is 21.6. The molecule has 0 radical (unpaired) electrons. The van der Waals surface area contributed by atoms with E-state index in [1.165, 1.54) is 0 Å². The minimum Gasteiger partial charge on any atom is -0.480 e. The van der Waals surface area contributed by atoms with Gasteiger partial charge in [0.05, 0.1) is 0 Å². The van der Waals surface area contributed by atoms with E-state index in [4.69, 9.17) is 10.8 Å². The van der Waals surface area contributed by atoms with Gasteiger partial charge in [-0.15, -0.1) is 12.4 Å². The molecule has 1 unspecified atom stereocenters. The molecule has 1 atom stereocenters. The molecule has 0 aliphatic carbocycles. The summed E-state index contributed by atoms with van der Waals surface area (Å²) in [6.07, 6.45) is 1.05. The highest BCUT2D eigenvalue weighted by atomic mass is 35.5. The van der Waals surface area contributed by atoms with E-state index in [2.05, 4.69) is 5.32 Å². The number of carbonyl (C=O) groups excluding carboxylic acids is 1. The fourth-order valence-electron chi connectivity index (χ4n) is 1.63. The van der Waals surface area contributed by atoms with Crippen molar-refractivity contribution < 1.29 is 14.7 Å². The molecule has 1 aromatic rings. The van der Waals surface area contributed by atoms with Gasteiger partial charge in [0.25, 0.3) is 0 Å². The Bertz CT molecular complexity index is 398. The lowest BCUT2D eigenvalue weighted by Gasteiger charge is -2.13. The first-order chi connectivity index (χ1) is 8.59. The van der Waals surface area contributed by atoms with Crippen LogP contribution in [-0.4, -0.2) is 29.6 Å². The summed E-state index contributed by atoms with van der Waals surface area (Å²) in [7, 11) is 0. The number of amides is 1. The number of halogens is 1. The number of carbonyl (C=O) groups is 2. The van der Waals surface area contributed by atoms with Crippen LogP contribution in [0.25, 0.3) is 0 Å². The maximum absolute atomic E-state index is 10.9. The standard InChI is InChI=1S/C13H18N2O3.ClH/c14-12(16)7-6-11(13(17)18)15-9-8-10-4-2-1-3-5-10;/h1-5,11,15H,6-9H2,(H2,14,16)(H,17,18);1H. The highest BCUT2D eigenvalue weighted by molar-refractivity contribution is 5.85. The number of carboxylic acid groups (broad SMARTS) is 1. The first-order valence-corrected chi connectivity index (χ1v) is 5.88. The third kappa shape index (κ3) is 7.43. The van der Waals surface area contributed by atoms with Crippen LogP contribution in [0.15, 0.2) is 30.3 Å². The van der Waals surface area contributed by atoms with Gasteiger partial charge in [0, 0.05) is 6.42 Å². The fraction of sp³-hybridized carbons (Fsp3) is 0.385. The van der Waals surface area contributed by atoms with E-state index in [0.29, 0.717) is 6.54 Å². The molecule has 0 saturated carbocycles. The molecule has 0 fully saturated rings. The molecule has 0 spiro atoms. The van der Waals surface area contributed by atoms with Gasteiger partial charge in [-0.1, -0.05) is 30.3 Å². The number of carboxylic acids is 1. The average molecular weight is 287 g/mol. The summed E-state index contributed by atoms with van der Waals surface area (Å²) in [6, 6.07) is 9.07. The van der Waals surface area contributed by atoms with Crippen LogP contribution in [0.4, 0.5) is 0 Å². The van der Waals surface area contributed by atoms with E-state index < -0.39 is 17.9 Å². The molecule has 0 saturated heterocycles. The molecule has 5 nitrogen and oxygen atoms in total. The van der Waals surface area contributed by atoms with Gasteiger partial charge in [0.2, 0.25) is 5.91 Å². The minimum atomic E-state index is -0.954. The Morgan fingerprint density at radius 3 is 2.42 bits per heavy atom. The van der Waals surface area contributed by atoms with Crippen molar-refractivity contribution in [1.82, 2.24) is 5.32 Å². The van der Waals surface area contributed by atoms with Crippen LogP contribution in [0, 0.1) is 0 Å². The number of nitrogens with two attached hydrogens (primary N) is 1. The van der Waals surface area contributed by atoms with Crippen molar-refractivity contribution in [2.45, 2.75) is 25.3 Å². The van der Waals surface area contributed by atoms with E-state index in [0.717, 1.165) is 12.0 Å². The molecular weight excluding hydrogens is 268 g/mol. The molecule has 106 valence electrons. The highest BCUT2D eigenvalue weighted by Crippen LogP contribution is 2.01. The van der Waals surface area contributed by atoms with Crippen LogP contribution in [0.2, 0.25) is 0 Å². The zero-order valence-corrected chi connectivity index (χ0v) is 11.4. The Kier molecular flexibility index (Phi) is 8.57. The minimum absolute atomic E-state index is 0. The summed E-state index contributed by atoms with van der Waals surface area (Å²) in [5.41, 5.74) is 6.14. The molecule has 0 heterocycles. The van der Waals surface area contributed by atoms with Crippen LogP contribution in [0.1, 0.15) is 18.4 Å². The van der Waals surface area contributed by atoms with E-state index in [-0.39, 0.29) is 25.2 Å². The molecule has 4 N–H and O–H groups in total. The number of nitrogens with one attached hydrogen (secondary N) is 1. The highest BCUT2D eigenvalue weighted by Gasteiger charge is 2.16. The van der Waals surface area contributed by atoms with Gasteiger partial charge < -0.3 is 16.2 Å². The summed E-state index contributed by atoms with van der Waals surface area (Å²) in [5.74, 6) is -1.43. The largest absolute Gasteiger partial charge is 0.480 e. The molecular formula is C13H19ClN2O3.